The number of aryl methyl sites for hydroxylation is 1. The number of methoxy groups -OCH3 is 1. The fraction of sp³-hybridized carbons (Fsp3) is 0.250. The second-order valence-corrected chi connectivity index (χ2v) is 6.53. The van der Waals surface area contributed by atoms with Gasteiger partial charge >= 0.3 is 0 Å². The highest BCUT2D eigenvalue weighted by Gasteiger charge is 2.16. The molecule has 2 aromatic carbocycles. The maximum atomic E-state index is 12.4. The van der Waals surface area contributed by atoms with Gasteiger partial charge in [-0.1, -0.05) is 42.5 Å². The van der Waals surface area contributed by atoms with Crippen molar-refractivity contribution in [1.29, 1.82) is 0 Å². The molecule has 0 saturated carbocycles. The average Bonchev–Trinajstić information content (AvgIpc) is 2.47. The second-order valence-electron chi connectivity index (χ2n) is 4.79. The maximum Gasteiger partial charge on any atom is 0.241 e. The Hall–Kier alpha value is -1.69. The SMILES string of the molecule is COCc1ccccc1CNS(=O)(=O)c1ccccc1C. The van der Waals surface area contributed by atoms with E-state index in [-0.39, 0.29) is 6.54 Å². The molecule has 0 bridgehead atoms. The molecule has 0 fully saturated rings. The molecular formula is C16H19NO3S. The van der Waals surface area contributed by atoms with Gasteiger partial charge in [0.2, 0.25) is 10.0 Å². The number of hydrogen-bond donors (Lipinski definition) is 1. The highest BCUT2D eigenvalue weighted by molar-refractivity contribution is 7.89. The molecule has 0 heterocycles. The number of sulfonamides is 1. The van der Waals surface area contributed by atoms with E-state index in [9.17, 15) is 8.42 Å². The molecule has 0 amide bonds. The predicted octanol–water partition coefficient (Wildman–Crippen LogP) is 2.62. The summed E-state index contributed by atoms with van der Waals surface area (Å²) in [4.78, 5) is 0.314. The Bertz CT molecular complexity index is 711. The van der Waals surface area contributed by atoms with Crippen LogP contribution in [0.3, 0.4) is 0 Å². The van der Waals surface area contributed by atoms with Crippen molar-refractivity contribution >= 4 is 10.0 Å². The summed E-state index contributed by atoms with van der Waals surface area (Å²) in [6, 6.07) is 14.6. The number of nitrogens with one attached hydrogen (secondary N) is 1. The summed E-state index contributed by atoms with van der Waals surface area (Å²) in [7, 11) is -1.89. The first kappa shape index (κ1) is 15.7. The number of hydrogen-bond acceptors (Lipinski definition) is 3. The van der Waals surface area contributed by atoms with Gasteiger partial charge in [0, 0.05) is 13.7 Å². The summed E-state index contributed by atoms with van der Waals surface area (Å²) < 4.78 is 32.5. The summed E-state index contributed by atoms with van der Waals surface area (Å²) in [5, 5.41) is 0. The lowest BCUT2D eigenvalue weighted by atomic mass is 10.1. The summed E-state index contributed by atoms with van der Waals surface area (Å²) in [6.45, 7) is 2.49. The van der Waals surface area contributed by atoms with Crippen molar-refractivity contribution in [1.82, 2.24) is 4.72 Å². The maximum absolute atomic E-state index is 12.4. The van der Waals surface area contributed by atoms with E-state index in [1.54, 1.807) is 32.2 Å². The Morgan fingerprint density at radius 3 is 2.29 bits per heavy atom. The molecule has 5 heteroatoms. The van der Waals surface area contributed by atoms with Crippen LogP contribution in [-0.2, 0) is 27.9 Å². The lowest BCUT2D eigenvalue weighted by Crippen LogP contribution is -2.24. The Labute approximate surface area is 125 Å². The van der Waals surface area contributed by atoms with Crippen molar-refractivity contribution in [2.45, 2.75) is 25.0 Å². The first-order valence-corrected chi connectivity index (χ1v) is 8.14. The van der Waals surface area contributed by atoms with Gasteiger partial charge in [-0.05, 0) is 29.7 Å². The molecule has 0 saturated heterocycles. The van der Waals surface area contributed by atoms with Crippen molar-refractivity contribution in [3.63, 3.8) is 0 Å². The summed E-state index contributed by atoms with van der Waals surface area (Å²) in [6.07, 6.45) is 0. The number of benzene rings is 2. The van der Waals surface area contributed by atoms with Crippen LogP contribution >= 0.6 is 0 Å². The molecule has 0 spiro atoms. The van der Waals surface area contributed by atoms with Gasteiger partial charge in [0.05, 0.1) is 11.5 Å². The normalized spacial score (nSPS) is 11.5. The zero-order chi connectivity index (χ0) is 15.3. The monoisotopic (exact) mass is 305 g/mol. The third kappa shape index (κ3) is 3.91. The van der Waals surface area contributed by atoms with Gasteiger partial charge in [-0.3, -0.25) is 0 Å². The zero-order valence-electron chi connectivity index (χ0n) is 12.2. The smallest absolute Gasteiger partial charge is 0.241 e. The lowest BCUT2D eigenvalue weighted by molar-refractivity contribution is 0.184. The highest BCUT2D eigenvalue weighted by atomic mass is 32.2. The van der Waals surface area contributed by atoms with E-state index in [0.717, 1.165) is 16.7 Å². The van der Waals surface area contributed by atoms with Crippen LogP contribution in [0.25, 0.3) is 0 Å². The molecule has 112 valence electrons. The highest BCUT2D eigenvalue weighted by Crippen LogP contribution is 2.15. The van der Waals surface area contributed by atoms with Gasteiger partial charge < -0.3 is 4.74 Å². The molecule has 0 aliphatic heterocycles. The molecule has 0 atom stereocenters. The minimum atomic E-state index is -3.51. The van der Waals surface area contributed by atoms with Crippen LogP contribution in [0.4, 0.5) is 0 Å². The Kier molecular flexibility index (Phi) is 5.12. The minimum Gasteiger partial charge on any atom is -0.380 e. The molecule has 21 heavy (non-hydrogen) atoms. The topological polar surface area (TPSA) is 55.4 Å². The van der Waals surface area contributed by atoms with Crippen molar-refractivity contribution in [2.75, 3.05) is 7.11 Å². The van der Waals surface area contributed by atoms with E-state index >= 15 is 0 Å². The summed E-state index contributed by atoms with van der Waals surface area (Å²) >= 11 is 0. The predicted molar refractivity (Wildman–Crippen MR) is 82.4 cm³/mol. The summed E-state index contributed by atoms with van der Waals surface area (Å²) in [5.74, 6) is 0. The number of rotatable bonds is 6. The van der Waals surface area contributed by atoms with E-state index < -0.39 is 10.0 Å². The van der Waals surface area contributed by atoms with Crippen LogP contribution < -0.4 is 4.72 Å². The zero-order valence-corrected chi connectivity index (χ0v) is 13.0. The van der Waals surface area contributed by atoms with E-state index in [0.29, 0.717) is 11.5 Å². The van der Waals surface area contributed by atoms with Crippen LogP contribution in [0, 0.1) is 6.92 Å². The van der Waals surface area contributed by atoms with Gasteiger partial charge in [0.15, 0.2) is 0 Å². The fourth-order valence-electron chi connectivity index (χ4n) is 2.13. The van der Waals surface area contributed by atoms with Crippen LogP contribution in [0.2, 0.25) is 0 Å². The molecule has 0 unspecified atom stereocenters. The molecule has 0 aliphatic rings. The van der Waals surface area contributed by atoms with E-state index in [4.69, 9.17) is 4.74 Å². The molecule has 4 nitrogen and oxygen atoms in total. The minimum absolute atomic E-state index is 0.246. The van der Waals surface area contributed by atoms with Crippen molar-refractivity contribution < 1.29 is 13.2 Å². The fourth-order valence-corrected chi connectivity index (χ4v) is 3.39. The third-order valence-corrected chi connectivity index (χ3v) is 4.82. The van der Waals surface area contributed by atoms with E-state index in [2.05, 4.69) is 4.72 Å². The number of ether oxygens (including phenoxy) is 1. The van der Waals surface area contributed by atoms with Gasteiger partial charge in [-0.2, -0.15) is 0 Å². The summed E-state index contributed by atoms with van der Waals surface area (Å²) in [5.41, 5.74) is 2.62. The van der Waals surface area contributed by atoms with Crippen molar-refractivity contribution in [3.8, 4) is 0 Å². The standard InChI is InChI=1S/C16H19NO3S/c1-13-7-3-6-10-16(13)21(18,19)17-11-14-8-4-5-9-15(14)12-20-2/h3-10,17H,11-12H2,1-2H3. The molecule has 1 N–H and O–H groups in total. The van der Waals surface area contributed by atoms with E-state index in [1.165, 1.54) is 0 Å². The van der Waals surface area contributed by atoms with Crippen molar-refractivity contribution in [3.05, 3.63) is 65.2 Å². The van der Waals surface area contributed by atoms with Crippen LogP contribution in [0.1, 0.15) is 16.7 Å². The van der Waals surface area contributed by atoms with E-state index in [1.807, 2.05) is 30.3 Å². The largest absolute Gasteiger partial charge is 0.380 e. The first-order valence-electron chi connectivity index (χ1n) is 6.65. The lowest BCUT2D eigenvalue weighted by Gasteiger charge is -2.12. The molecule has 0 radical (unpaired) electrons. The molecular weight excluding hydrogens is 286 g/mol. The Morgan fingerprint density at radius 2 is 1.62 bits per heavy atom. The van der Waals surface area contributed by atoms with Crippen LogP contribution in [0.5, 0.6) is 0 Å². The molecule has 0 aromatic heterocycles. The van der Waals surface area contributed by atoms with Gasteiger partial charge in [-0.25, -0.2) is 13.1 Å². The van der Waals surface area contributed by atoms with Gasteiger partial charge in [0.25, 0.3) is 0 Å². The third-order valence-electron chi connectivity index (χ3n) is 3.25. The first-order chi connectivity index (χ1) is 10.0. The molecule has 2 aromatic rings. The van der Waals surface area contributed by atoms with Crippen LogP contribution in [-0.4, -0.2) is 15.5 Å². The van der Waals surface area contributed by atoms with Crippen LogP contribution in [0.15, 0.2) is 53.4 Å². The average molecular weight is 305 g/mol. The van der Waals surface area contributed by atoms with Gasteiger partial charge in [0.1, 0.15) is 0 Å². The van der Waals surface area contributed by atoms with Gasteiger partial charge in [-0.15, -0.1) is 0 Å². The Morgan fingerprint density at radius 1 is 1.00 bits per heavy atom. The molecule has 2 rings (SSSR count). The van der Waals surface area contributed by atoms with Crippen molar-refractivity contribution in [2.24, 2.45) is 0 Å². The second kappa shape index (κ2) is 6.85. The molecule has 0 aliphatic carbocycles. The Balaban J connectivity index is 2.18. The quantitative estimate of drug-likeness (QED) is 0.892.